The van der Waals surface area contributed by atoms with Crippen molar-refractivity contribution in [3.8, 4) is 17.3 Å². The van der Waals surface area contributed by atoms with Gasteiger partial charge in [0.2, 0.25) is 5.88 Å². The summed E-state index contributed by atoms with van der Waals surface area (Å²) in [6.07, 6.45) is 1.66. The molecule has 0 amide bonds. The zero-order valence-corrected chi connectivity index (χ0v) is 18.5. The van der Waals surface area contributed by atoms with Crippen molar-refractivity contribution >= 4 is 35.3 Å². The maximum Gasteiger partial charge on any atom is 0.262 e. The van der Waals surface area contributed by atoms with Gasteiger partial charge in [0.1, 0.15) is 11.3 Å². The Kier molecular flexibility index (Phi) is 5.24. The lowest BCUT2D eigenvalue weighted by atomic mass is 9.96. The Balaban J connectivity index is 1.76. The molecule has 0 fully saturated rings. The van der Waals surface area contributed by atoms with Crippen LogP contribution in [0.2, 0.25) is 0 Å². The number of rotatable bonds is 4. The van der Waals surface area contributed by atoms with Gasteiger partial charge in [-0.05, 0) is 36.5 Å². The minimum atomic E-state index is -0.493. The number of nitrogens with zero attached hydrogens (tertiary/aromatic N) is 2. The number of benzene rings is 3. The average Bonchev–Trinajstić information content (AvgIpc) is 3.21. The smallest absolute Gasteiger partial charge is 0.262 e. The van der Waals surface area contributed by atoms with Gasteiger partial charge < -0.3 is 9.84 Å². The van der Waals surface area contributed by atoms with Crippen LogP contribution in [-0.2, 0) is 0 Å². The van der Waals surface area contributed by atoms with Crippen molar-refractivity contribution in [1.82, 2.24) is 9.55 Å². The van der Waals surface area contributed by atoms with Crippen molar-refractivity contribution in [1.29, 1.82) is 0 Å². The van der Waals surface area contributed by atoms with Crippen LogP contribution < -0.4 is 10.3 Å². The highest BCUT2D eigenvalue weighted by Gasteiger charge is 2.24. The molecule has 0 saturated carbocycles. The summed E-state index contributed by atoms with van der Waals surface area (Å²) in [5.41, 5.74) is 4.15. The fourth-order valence-corrected chi connectivity index (χ4v) is 4.20. The van der Waals surface area contributed by atoms with Crippen molar-refractivity contribution in [2.75, 3.05) is 7.11 Å². The number of methoxy groups -OCH3 is 1. The largest absolute Gasteiger partial charge is 0.495 e. The van der Waals surface area contributed by atoms with Gasteiger partial charge in [0.15, 0.2) is 4.77 Å². The molecule has 0 aliphatic carbocycles. The van der Waals surface area contributed by atoms with Crippen molar-refractivity contribution in [3.63, 3.8) is 0 Å². The number of allylic oxidation sites excluding steroid dienone is 1. The van der Waals surface area contributed by atoms with Crippen molar-refractivity contribution in [2.24, 2.45) is 4.99 Å². The van der Waals surface area contributed by atoms with Gasteiger partial charge in [0.05, 0.1) is 24.2 Å². The highest BCUT2D eigenvalue weighted by molar-refractivity contribution is 7.71. The summed E-state index contributed by atoms with van der Waals surface area (Å²) in [5, 5.41) is 11.2. The van der Waals surface area contributed by atoms with Gasteiger partial charge in [-0.1, -0.05) is 60.7 Å². The minimum Gasteiger partial charge on any atom is -0.495 e. The summed E-state index contributed by atoms with van der Waals surface area (Å²) in [6, 6.07) is 24.6. The molecular formula is C26H19N3O3S. The standard InChI is InChI=1S/C26H19N3O3S/c1-32-22-14-8-7-13-21(22)29-25(31)19(24(30)28-26(29)33)15-18-17-11-5-6-12-20(17)27-23(18)16-9-3-2-4-10-16/h2-15,31H,1H3,(H,28,30,33)/b18-15-. The number of hydrogen-bond donors (Lipinski definition) is 2. The predicted molar refractivity (Wildman–Crippen MR) is 132 cm³/mol. The first-order valence-electron chi connectivity index (χ1n) is 10.3. The average molecular weight is 454 g/mol. The Hall–Kier alpha value is -4.23. The fourth-order valence-electron chi connectivity index (χ4n) is 3.92. The molecule has 0 radical (unpaired) electrons. The fraction of sp³-hybridized carbons (Fsp3) is 0.0385. The van der Waals surface area contributed by atoms with Gasteiger partial charge in [-0.2, -0.15) is 0 Å². The van der Waals surface area contributed by atoms with Crippen LogP contribution in [0.25, 0.3) is 17.3 Å². The van der Waals surface area contributed by atoms with E-state index < -0.39 is 5.56 Å². The van der Waals surface area contributed by atoms with Crippen LogP contribution in [0.1, 0.15) is 16.7 Å². The molecule has 162 valence electrons. The number of hydrogen-bond acceptors (Lipinski definition) is 5. The molecule has 0 saturated heterocycles. The number of aromatic hydroxyl groups is 1. The van der Waals surface area contributed by atoms with Crippen LogP contribution in [0.3, 0.4) is 0 Å². The Morgan fingerprint density at radius 3 is 2.48 bits per heavy atom. The number of aromatic amines is 1. The van der Waals surface area contributed by atoms with Gasteiger partial charge >= 0.3 is 0 Å². The van der Waals surface area contributed by atoms with Crippen molar-refractivity contribution < 1.29 is 9.84 Å². The lowest BCUT2D eigenvalue weighted by Gasteiger charge is -2.15. The minimum absolute atomic E-state index is 0.0629. The van der Waals surface area contributed by atoms with Gasteiger partial charge in [-0.15, -0.1) is 0 Å². The maximum absolute atomic E-state index is 12.9. The lowest BCUT2D eigenvalue weighted by molar-refractivity contribution is 0.402. The Bertz CT molecular complexity index is 1550. The first-order valence-corrected chi connectivity index (χ1v) is 10.7. The van der Waals surface area contributed by atoms with E-state index in [1.54, 1.807) is 24.3 Å². The van der Waals surface area contributed by atoms with Crippen molar-refractivity contribution in [3.05, 3.63) is 111 Å². The second kappa shape index (κ2) is 8.37. The number of fused-ring (bicyclic) bond motifs is 1. The van der Waals surface area contributed by atoms with Crippen LogP contribution in [0, 0.1) is 4.77 Å². The summed E-state index contributed by atoms with van der Waals surface area (Å²) in [6.45, 7) is 0. The number of ether oxygens (including phenoxy) is 1. The highest BCUT2D eigenvalue weighted by atomic mass is 32.1. The second-order valence-corrected chi connectivity index (χ2v) is 7.79. The molecular weight excluding hydrogens is 434 g/mol. The molecule has 1 aliphatic rings. The predicted octanol–water partition coefficient (Wildman–Crippen LogP) is 5.28. The van der Waals surface area contributed by atoms with E-state index in [-0.39, 0.29) is 16.2 Å². The Labute approximate surface area is 194 Å². The second-order valence-electron chi connectivity index (χ2n) is 7.41. The monoisotopic (exact) mass is 453 g/mol. The van der Waals surface area contributed by atoms with E-state index in [9.17, 15) is 9.90 Å². The molecule has 0 spiro atoms. The van der Waals surface area contributed by atoms with E-state index in [2.05, 4.69) is 4.98 Å². The van der Waals surface area contributed by atoms with Crippen LogP contribution in [0.15, 0.2) is 88.6 Å². The van der Waals surface area contributed by atoms with E-state index in [4.69, 9.17) is 21.9 Å². The number of aromatic nitrogens is 2. The van der Waals surface area contributed by atoms with Crippen LogP contribution in [0.4, 0.5) is 5.69 Å². The molecule has 2 heterocycles. The molecule has 33 heavy (non-hydrogen) atoms. The molecule has 0 bridgehead atoms. The Morgan fingerprint density at radius 2 is 1.70 bits per heavy atom. The molecule has 1 aliphatic heterocycles. The molecule has 0 atom stereocenters. The van der Waals surface area contributed by atoms with E-state index in [1.807, 2.05) is 60.7 Å². The quantitative estimate of drug-likeness (QED) is 0.412. The third-order valence-electron chi connectivity index (χ3n) is 5.46. The molecule has 2 N–H and O–H groups in total. The normalized spacial score (nSPS) is 13.6. The summed E-state index contributed by atoms with van der Waals surface area (Å²) in [7, 11) is 1.53. The molecule has 4 aromatic rings. The molecule has 7 heteroatoms. The topological polar surface area (TPSA) is 79.6 Å². The first-order chi connectivity index (χ1) is 16.1. The molecule has 6 nitrogen and oxygen atoms in total. The van der Waals surface area contributed by atoms with Gasteiger partial charge in [0, 0.05) is 16.7 Å². The summed E-state index contributed by atoms with van der Waals surface area (Å²) >= 11 is 5.37. The molecule has 5 rings (SSSR count). The van der Waals surface area contributed by atoms with Crippen LogP contribution in [-0.4, -0.2) is 27.5 Å². The van der Waals surface area contributed by atoms with Gasteiger partial charge in [0.25, 0.3) is 5.56 Å². The number of H-pyrrole nitrogens is 1. The maximum atomic E-state index is 12.9. The molecule has 1 aromatic heterocycles. The van der Waals surface area contributed by atoms with E-state index in [1.165, 1.54) is 11.7 Å². The SMILES string of the molecule is COc1ccccc1-n1c(O)c(/C=C2\C(c3ccccc3)=Nc3ccccc32)c(=O)[nH]c1=S. The summed E-state index contributed by atoms with van der Waals surface area (Å²) in [4.78, 5) is 20.4. The number of nitrogens with one attached hydrogen (secondary N) is 1. The van der Waals surface area contributed by atoms with Crippen molar-refractivity contribution in [2.45, 2.75) is 0 Å². The van der Waals surface area contributed by atoms with Gasteiger partial charge in [-0.3, -0.25) is 14.3 Å². The molecule has 0 unspecified atom stereocenters. The summed E-state index contributed by atoms with van der Waals surface area (Å²) < 4.78 is 6.88. The number of aliphatic imine (C=N–C) groups is 1. The van der Waals surface area contributed by atoms with E-state index in [0.29, 0.717) is 11.4 Å². The summed E-state index contributed by atoms with van der Waals surface area (Å²) in [5.74, 6) is 0.227. The van der Waals surface area contributed by atoms with Crippen LogP contribution in [0.5, 0.6) is 11.6 Å². The Morgan fingerprint density at radius 1 is 1.00 bits per heavy atom. The third-order valence-corrected chi connectivity index (χ3v) is 5.75. The number of para-hydroxylation sites is 3. The zero-order chi connectivity index (χ0) is 22.9. The van der Waals surface area contributed by atoms with E-state index in [0.717, 1.165) is 28.1 Å². The lowest BCUT2D eigenvalue weighted by Crippen LogP contribution is -2.17. The van der Waals surface area contributed by atoms with E-state index >= 15 is 0 Å². The zero-order valence-electron chi connectivity index (χ0n) is 17.6. The van der Waals surface area contributed by atoms with Gasteiger partial charge in [-0.25, -0.2) is 4.99 Å². The van der Waals surface area contributed by atoms with Crippen LogP contribution >= 0.6 is 12.2 Å². The first kappa shape index (κ1) is 20.7. The third kappa shape index (κ3) is 3.58. The highest BCUT2D eigenvalue weighted by Crippen LogP contribution is 2.38. The molecule has 3 aromatic carbocycles.